The molecule has 3 aromatic carbocycles. The maximum atomic E-state index is 13.9. The minimum Gasteiger partial charge on any atom is -0.494 e. The number of nitrogens with one attached hydrogen (secondary N) is 1. The van der Waals surface area contributed by atoms with Crippen LogP contribution in [0.2, 0.25) is 0 Å². The Hall–Kier alpha value is -2.83. The summed E-state index contributed by atoms with van der Waals surface area (Å²) in [7, 11) is -3.74. The van der Waals surface area contributed by atoms with Gasteiger partial charge in [-0.05, 0) is 74.7 Å². The van der Waals surface area contributed by atoms with E-state index in [0.717, 1.165) is 42.8 Å². The summed E-state index contributed by atoms with van der Waals surface area (Å²) in [4.78, 5) is 0.307. The first kappa shape index (κ1) is 22.4. The number of ether oxygens (including phenoxy) is 1. The zero-order valence-electron chi connectivity index (χ0n) is 18.4. The summed E-state index contributed by atoms with van der Waals surface area (Å²) in [6.45, 7) is 4.78. The van der Waals surface area contributed by atoms with Gasteiger partial charge in [0.15, 0.2) is 0 Å². The van der Waals surface area contributed by atoms with E-state index in [2.05, 4.69) is 5.32 Å². The van der Waals surface area contributed by atoms with E-state index in [1.54, 1.807) is 28.6 Å². The molecule has 1 aliphatic rings. The molecule has 1 saturated heterocycles. The van der Waals surface area contributed by atoms with Gasteiger partial charge in [0, 0.05) is 12.1 Å². The summed E-state index contributed by atoms with van der Waals surface area (Å²) >= 11 is 0. The number of hydrogen-bond acceptors (Lipinski definition) is 4. The fourth-order valence-corrected chi connectivity index (χ4v) is 5.76. The first-order valence-corrected chi connectivity index (χ1v) is 12.6. The minimum atomic E-state index is -3.74. The van der Waals surface area contributed by atoms with Crippen molar-refractivity contribution < 1.29 is 13.2 Å². The lowest BCUT2D eigenvalue weighted by molar-refractivity contribution is 0.340. The average molecular weight is 451 g/mol. The fraction of sp³-hybridized carbons (Fsp3) is 0.308. The summed E-state index contributed by atoms with van der Waals surface area (Å²) in [5.74, 6) is 1.03. The Kier molecular flexibility index (Phi) is 7.12. The molecule has 3 aromatic rings. The third kappa shape index (κ3) is 4.97. The highest BCUT2D eigenvalue weighted by Crippen LogP contribution is 2.38. The van der Waals surface area contributed by atoms with Gasteiger partial charge in [0.25, 0.3) is 10.0 Å². The predicted molar refractivity (Wildman–Crippen MR) is 130 cm³/mol. The molecule has 1 N–H and O–H groups in total. The van der Waals surface area contributed by atoms with Gasteiger partial charge >= 0.3 is 0 Å². The number of nitrogens with zero attached hydrogens (tertiary/aromatic N) is 1. The molecular weight excluding hydrogens is 420 g/mol. The van der Waals surface area contributed by atoms with Gasteiger partial charge < -0.3 is 10.1 Å². The second-order valence-corrected chi connectivity index (χ2v) is 9.88. The Balaban J connectivity index is 1.85. The Morgan fingerprint density at radius 1 is 0.938 bits per heavy atom. The Labute approximate surface area is 191 Å². The minimum absolute atomic E-state index is 0.296. The molecule has 1 fully saturated rings. The van der Waals surface area contributed by atoms with Gasteiger partial charge in [0.1, 0.15) is 5.75 Å². The lowest BCUT2D eigenvalue weighted by atomic mass is 9.97. The van der Waals surface area contributed by atoms with Gasteiger partial charge in [-0.15, -0.1) is 0 Å². The average Bonchev–Trinajstić information content (AvgIpc) is 2.84. The summed E-state index contributed by atoms with van der Waals surface area (Å²) in [6, 6.07) is 24.3. The first-order valence-electron chi connectivity index (χ1n) is 11.2. The van der Waals surface area contributed by atoms with Crippen molar-refractivity contribution in [2.45, 2.75) is 24.7 Å². The van der Waals surface area contributed by atoms with Crippen LogP contribution in [0.1, 0.15) is 19.8 Å². The third-order valence-corrected chi connectivity index (χ3v) is 7.64. The van der Waals surface area contributed by atoms with Gasteiger partial charge in [-0.25, -0.2) is 8.42 Å². The molecule has 0 aromatic heterocycles. The quantitative estimate of drug-likeness (QED) is 0.528. The molecule has 0 aliphatic carbocycles. The summed E-state index contributed by atoms with van der Waals surface area (Å²) < 4.78 is 35.1. The topological polar surface area (TPSA) is 58.6 Å². The van der Waals surface area contributed by atoms with Crippen LogP contribution in [0.5, 0.6) is 5.75 Å². The van der Waals surface area contributed by atoms with Crippen LogP contribution >= 0.6 is 0 Å². The van der Waals surface area contributed by atoms with Crippen LogP contribution in [-0.4, -0.2) is 34.7 Å². The molecule has 0 saturated carbocycles. The molecular formula is C26H30N2O3S. The molecule has 168 valence electrons. The van der Waals surface area contributed by atoms with E-state index < -0.39 is 10.0 Å². The highest BCUT2D eigenvalue weighted by atomic mass is 32.2. The number of piperidine rings is 1. The lowest BCUT2D eigenvalue weighted by Gasteiger charge is -2.32. The molecule has 1 heterocycles. The zero-order chi connectivity index (χ0) is 22.4. The van der Waals surface area contributed by atoms with Gasteiger partial charge in [0.05, 0.1) is 17.2 Å². The molecule has 32 heavy (non-hydrogen) atoms. The van der Waals surface area contributed by atoms with E-state index in [1.165, 1.54) is 0 Å². The number of sulfonamides is 1. The van der Waals surface area contributed by atoms with Crippen LogP contribution in [-0.2, 0) is 10.0 Å². The Morgan fingerprint density at radius 2 is 1.59 bits per heavy atom. The largest absolute Gasteiger partial charge is 0.494 e. The molecule has 4 rings (SSSR count). The van der Waals surface area contributed by atoms with Crippen molar-refractivity contribution in [1.29, 1.82) is 0 Å². The van der Waals surface area contributed by atoms with Crippen molar-refractivity contribution in [3.05, 3.63) is 78.9 Å². The first-order chi connectivity index (χ1) is 15.6. The highest BCUT2D eigenvalue weighted by molar-refractivity contribution is 7.92. The highest BCUT2D eigenvalue weighted by Gasteiger charge is 2.30. The van der Waals surface area contributed by atoms with Gasteiger partial charge in [-0.2, -0.15) is 0 Å². The normalized spacial score (nSPS) is 14.8. The van der Waals surface area contributed by atoms with E-state index in [0.29, 0.717) is 29.7 Å². The van der Waals surface area contributed by atoms with Crippen molar-refractivity contribution in [2.24, 2.45) is 5.92 Å². The van der Waals surface area contributed by atoms with Gasteiger partial charge in [-0.3, -0.25) is 4.31 Å². The fourth-order valence-electron chi connectivity index (χ4n) is 4.18. The van der Waals surface area contributed by atoms with E-state index in [1.807, 2.05) is 61.5 Å². The van der Waals surface area contributed by atoms with Crippen molar-refractivity contribution in [3.8, 4) is 16.9 Å². The molecule has 6 heteroatoms. The van der Waals surface area contributed by atoms with Crippen molar-refractivity contribution in [2.75, 3.05) is 30.5 Å². The van der Waals surface area contributed by atoms with Crippen molar-refractivity contribution in [1.82, 2.24) is 5.32 Å². The number of benzene rings is 3. The smallest absolute Gasteiger partial charge is 0.264 e. The standard InChI is InChI=1S/C26H30N2O3S/c1-2-31-23-13-14-26(25(19-23)22-9-5-3-6-10-22)28(20-21-15-17-27-18-16-21)32(29,30)24-11-7-4-8-12-24/h3-14,19,21,27H,2,15-18,20H2,1H3. The second kappa shape index (κ2) is 10.2. The van der Waals surface area contributed by atoms with Crippen LogP contribution in [0.3, 0.4) is 0 Å². The maximum absolute atomic E-state index is 13.9. The molecule has 0 spiro atoms. The number of hydrogen-bond donors (Lipinski definition) is 1. The van der Waals surface area contributed by atoms with Crippen molar-refractivity contribution in [3.63, 3.8) is 0 Å². The summed E-state index contributed by atoms with van der Waals surface area (Å²) in [5, 5.41) is 3.37. The molecule has 0 amide bonds. The molecule has 0 atom stereocenters. The van der Waals surface area contributed by atoms with Crippen LogP contribution in [0.25, 0.3) is 11.1 Å². The molecule has 1 aliphatic heterocycles. The van der Waals surface area contributed by atoms with E-state index in [-0.39, 0.29) is 0 Å². The predicted octanol–water partition coefficient (Wildman–Crippen LogP) is 4.95. The number of rotatable bonds is 8. The Bertz CT molecular complexity index is 1110. The summed E-state index contributed by atoms with van der Waals surface area (Å²) in [5.41, 5.74) is 2.50. The number of anilines is 1. The molecule has 0 radical (unpaired) electrons. The summed E-state index contributed by atoms with van der Waals surface area (Å²) in [6.07, 6.45) is 1.91. The van der Waals surface area contributed by atoms with Crippen LogP contribution < -0.4 is 14.4 Å². The van der Waals surface area contributed by atoms with Crippen LogP contribution in [0.15, 0.2) is 83.8 Å². The lowest BCUT2D eigenvalue weighted by Crippen LogP contribution is -2.39. The van der Waals surface area contributed by atoms with Gasteiger partial charge in [0.2, 0.25) is 0 Å². The van der Waals surface area contributed by atoms with Crippen molar-refractivity contribution >= 4 is 15.7 Å². The van der Waals surface area contributed by atoms with Gasteiger partial charge in [-0.1, -0.05) is 48.5 Å². The second-order valence-electron chi connectivity index (χ2n) is 8.02. The van der Waals surface area contributed by atoms with E-state index in [4.69, 9.17) is 4.74 Å². The molecule has 5 nitrogen and oxygen atoms in total. The maximum Gasteiger partial charge on any atom is 0.264 e. The zero-order valence-corrected chi connectivity index (χ0v) is 19.2. The van der Waals surface area contributed by atoms with Crippen LogP contribution in [0, 0.1) is 5.92 Å². The molecule has 0 unspecified atom stereocenters. The monoisotopic (exact) mass is 450 g/mol. The Morgan fingerprint density at radius 3 is 2.25 bits per heavy atom. The van der Waals surface area contributed by atoms with Crippen LogP contribution in [0.4, 0.5) is 5.69 Å². The SMILES string of the molecule is CCOc1ccc(N(CC2CCNCC2)S(=O)(=O)c2ccccc2)c(-c2ccccc2)c1. The van der Waals surface area contributed by atoms with E-state index in [9.17, 15) is 8.42 Å². The third-order valence-electron chi connectivity index (χ3n) is 5.85. The molecule has 0 bridgehead atoms. The van der Waals surface area contributed by atoms with E-state index >= 15 is 0 Å².